The zero-order chi connectivity index (χ0) is 17.7. The molecule has 128 valence electrons. The molecule has 0 aliphatic rings. The van der Waals surface area contributed by atoms with Gasteiger partial charge < -0.3 is 5.32 Å². The van der Waals surface area contributed by atoms with Gasteiger partial charge in [-0.05, 0) is 36.2 Å². The Morgan fingerprint density at radius 1 is 1.04 bits per heavy atom. The van der Waals surface area contributed by atoms with Gasteiger partial charge in [0.1, 0.15) is 0 Å². The summed E-state index contributed by atoms with van der Waals surface area (Å²) in [5, 5.41) is 2.47. The maximum Gasteiger partial charge on any atom is 0.255 e. The van der Waals surface area contributed by atoms with Gasteiger partial charge in [0, 0.05) is 23.9 Å². The van der Waals surface area contributed by atoms with E-state index in [2.05, 4.69) is 10.0 Å². The van der Waals surface area contributed by atoms with Crippen molar-refractivity contribution in [1.82, 2.24) is 4.72 Å². The number of carbonyl (C=O) groups excluding carboxylic acids is 1. The second-order valence-corrected chi connectivity index (χ2v) is 7.03. The third kappa shape index (κ3) is 5.39. The highest BCUT2D eigenvalue weighted by atomic mass is 32.2. The highest BCUT2D eigenvalue weighted by Crippen LogP contribution is 2.14. The summed E-state index contributed by atoms with van der Waals surface area (Å²) in [4.78, 5) is 12.0. The summed E-state index contributed by atoms with van der Waals surface area (Å²) >= 11 is 0. The summed E-state index contributed by atoms with van der Waals surface area (Å²) < 4.78 is 50.3. The molecule has 0 atom stereocenters. The van der Waals surface area contributed by atoms with Gasteiger partial charge in [-0.1, -0.05) is 12.1 Å². The van der Waals surface area contributed by atoms with Crippen LogP contribution in [0.25, 0.3) is 0 Å². The number of hydrogen-bond acceptors (Lipinski definition) is 3. The Kier molecular flexibility index (Phi) is 5.63. The van der Waals surface area contributed by atoms with Gasteiger partial charge in [0.25, 0.3) is 5.91 Å². The lowest BCUT2D eigenvalue weighted by atomic mass is 10.1. The van der Waals surface area contributed by atoms with Gasteiger partial charge in [0.05, 0.1) is 6.26 Å². The van der Waals surface area contributed by atoms with Crippen LogP contribution < -0.4 is 10.0 Å². The number of halogens is 2. The van der Waals surface area contributed by atoms with Crippen LogP contribution >= 0.6 is 0 Å². The van der Waals surface area contributed by atoms with E-state index in [4.69, 9.17) is 0 Å². The largest absolute Gasteiger partial charge is 0.322 e. The molecule has 0 saturated carbocycles. The molecule has 0 bridgehead atoms. The van der Waals surface area contributed by atoms with Gasteiger partial charge in [0.15, 0.2) is 11.6 Å². The van der Waals surface area contributed by atoms with E-state index in [1.165, 1.54) is 6.07 Å². The van der Waals surface area contributed by atoms with Gasteiger partial charge in [-0.2, -0.15) is 0 Å². The third-order valence-electron chi connectivity index (χ3n) is 3.17. The molecule has 2 N–H and O–H groups in total. The Hall–Kier alpha value is -2.32. The smallest absolute Gasteiger partial charge is 0.255 e. The molecule has 0 aromatic heterocycles. The molecule has 0 unspecified atom stereocenters. The van der Waals surface area contributed by atoms with Crippen LogP contribution in [0.15, 0.2) is 42.5 Å². The lowest BCUT2D eigenvalue weighted by Gasteiger charge is -2.07. The molecular formula is C16H16F2N2O3S. The number of nitrogens with one attached hydrogen (secondary N) is 2. The molecule has 0 spiro atoms. The first-order chi connectivity index (χ1) is 11.2. The normalized spacial score (nSPS) is 11.3. The second kappa shape index (κ2) is 7.50. The second-order valence-electron chi connectivity index (χ2n) is 5.20. The number of sulfonamides is 1. The molecule has 1 amide bonds. The molecule has 0 radical (unpaired) electrons. The molecule has 0 saturated heterocycles. The van der Waals surface area contributed by atoms with E-state index in [1.807, 2.05) is 0 Å². The molecule has 24 heavy (non-hydrogen) atoms. The zero-order valence-electron chi connectivity index (χ0n) is 12.8. The highest BCUT2D eigenvalue weighted by Gasteiger charge is 2.09. The van der Waals surface area contributed by atoms with E-state index in [0.29, 0.717) is 12.0 Å². The Labute approximate surface area is 138 Å². The van der Waals surface area contributed by atoms with Crippen LogP contribution in [0, 0.1) is 11.6 Å². The number of amides is 1. The number of rotatable bonds is 6. The fraction of sp³-hybridized carbons (Fsp3) is 0.188. The fourth-order valence-electron chi connectivity index (χ4n) is 1.98. The van der Waals surface area contributed by atoms with Gasteiger partial charge >= 0.3 is 0 Å². The monoisotopic (exact) mass is 354 g/mol. The molecule has 5 nitrogen and oxygen atoms in total. The van der Waals surface area contributed by atoms with Crippen molar-refractivity contribution in [3.63, 3.8) is 0 Å². The van der Waals surface area contributed by atoms with Crippen molar-refractivity contribution in [3.8, 4) is 0 Å². The first-order valence-electron chi connectivity index (χ1n) is 7.04. The van der Waals surface area contributed by atoms with Crippen LogP contribution in [0.5, 0.6) is 0 Å². The predicted octanol–water partition coefficient (Wildman–Crippen LogP) is 2.31. The summed E-state index contributed by atoms with van der Waals surface area (Å²) in [7, 11) is -3.23. The van der Waals surface area contributed by atoms with Crippen molar-refractivity contribution in [1.29, 1.82) is 0 Å². The van der Waals surface area contributed by atoms with Crippen molar-refractivity contribution >= 4 is 21.6 Å². The Bertz CT molecular complexity index is 837. The molecule has 8 heteroatoms. The molecule has 0 fully saturated rings. The number of anilines is 1. The Balaban J connectivity index is 1.96. The van der Waals surface area contributed by atoms with Gasteiger partial charge in [-0.25, -0.2) is 21.9 Å². The van der Waals surface area contributed by atoms with E-state index < -0.39 is 27.6 Å². The minimum atomic E-state index is -3.23. The number of hydrogen-bond donors (Lipinski definition) is 2. The van der Waals surface area contributed by atoms with E-state index >= 15 is 0 Å². The van der Waals surface area contributed by atoms with Crippen molar-refractivity contribution in [3.05, 3.63) is 65.2 Å². The zero-order valence-corrected chi connectivity index (χ0v) is 13.7. The first kappa shape index (κ1) is 18.0. The van der Waals surface area contributed by atoms with Crippen molar-refractivity contribution in [2.75, 3.05) is 18.1 Å². The van der Waals surface area contributed by atoms with Gasteiger partial charge in [0.2, 0.25) is 10.0 Å². The fourth-order valence-corrected chi connectivity index (χ4v) is 2.45. The molecule has 2 aromatic carbocycles. The van der Waals surface area contributed by atoms with Crippen molar-refractivity contribution < 1.29 is 22.0 Å². The summed E-state index contributed by atoms with van der Waals surface area (Å²) in [6, 6.07) is 9.65. The standard InChI is InChI=1S/C16H16F2N2O3S/c1-24(22,23)19-9-8-11-2-4-12(5-3-11)16(21)20-13-6-7-14(17)15(18)10-13/h2-7,10,19H,8-9H2,1H3,(H,20,21). The number of benzene rings is 2. The minimum absolute atomic E-state index is 0.153. The van der Waals surface area contributed by atoms with Crippen LogP contribution in [0.1, 0.15) is 15.9 Å². The topological polar surface area (TPSA) is 75.3 Å². The lowest BCUT2D eigenvalue weighted by molar-refractivity contribution is 0.102. The minimum Gasteiger partial charge on any atom is -0.322 e. The average Bonchev–Trinajstić information content (AvgIpc) is 2.50. The van der Waals surface area contributed by atoms with Crippen LogP contribution in [0.2, 0.25) is 0 Å². The van der Waals surface area contributed by atoms with E-state index in [1.54, 1.807) is 24.3 Å². The van der Waals surface area contributed by atoms with Gasteiger partial charge in [-0.15, -0.1) is 0 Å². The van der Waals surface area contributed by atoms with E-state index in [9.17, 15) is 22.0 Å². The van der Waals surface area contributed by atoms with E-state index in [-0.39, 0.29) is 12.2 Å². The summed E-state index contributed by atoms with van der Waals surface area (Å²) in [5.41, 5.74) is 1.36. The van der Waals surface area contributed by atoms with Crippen molar-refractivity contribution in [2.24, 2.45) is 0 Å². The summed E-state index contributed by atoms with van der Waals surface area (Å²) in [6.07, 6.45) is 1.57. The molecule has 2 aromatic rings. The van der Waals surface area contributed by atoms with Crippen molar-refractivity contribution in [2.45, 2.75) is 6.42 Å². The van der Waals surface area contributed by atoms with E-state index in [0.717, 1.165) is 24.0 Å². The molecule has 0 heterocycles. The Morgan fingerprint density at radius 3 is 2.29 bits per heavy atom. The van der Waals surface area contributed by atoms with Gasteiger partial charge in [-0.3, -0.25) is 4.79 Å². The Morgan fingerprint density at radius 2 is 1.71 bits per heavy atom. The lowest BCUT2D eigenvalue weighted by Crippen LogP contribution is -2.24. The summed E-state index contributed by atoms with van der Waals surface area (Å²) in [5.74, 6) is -2.48. The third-order valence-corrected chi connectivity index (χ3v) is 3.90. The maximum absolute atomic E-state index is 13.1. The molecule has 2 rings (SSSR count). The molecular weight excluding hydrogens is 338 g/mol. The highest BCUT2D eigenvalue weighted by molar-refractivity contribution is 7.88. The van der Waals surface area contributed by atoms with Crippen LogP contribution in [0.3, 0.4) is 0 Å². The molecule has 0 aliphatic heterocycles. The van der Waals surface area contributed by atoms with Crippen LogP contribution in [0.4, 0.5) is 14.5 Å². The van der Waals surface area contributed by atoms with Crippen LogP contribution in [-0.2, 0) is 16.4 Å². The average molecular weight is 354 g/mol. The maximum atomic E-state index is 13.1. The predicted molar refractivity (Wildman–Crippen MR) is 87.3 cm³/mol. The van der Waals surface area contributed by atoms with Crippen LogP contribution in [-0.4, -0.2) is 27.1 Å². The molecule has 0 aliphatic carbocycles. The quantitative estimate of drug-likeness (QED) is 0.836. The first-order valence-corrected chi connectivity index (χ1v) is 8.94. The SMILES string of the molecule is CS(=O)(=O)NCCc1ccc(C(=O)Nc2ccc(F)c(F)c2)cc1. The number of carbonyl (C=O) groups is 1. The summed E-state index contributed by atoms with van der Waals surface area (Å²) in [6.45, 7) is 0.263.